The number of nitrogens with zero attached hydrogens (tertiary/aromatic N) is 4. The third kappa shape index (κ3) is 2.95. The van der Waals surface area contributed by atoms with E-state index in [1.165, 1.54) is 19.3 Å². The molecule has 6 nitrogen and oxygen atoms in total. The molecule has 0 spiro atoms. The Morgan fingerprint density at radius 3 is 2.95 bits per heavy atom. The number of nitrogens with two attached hydrogens (primary N) is 1. The number of rotatable bonds is 3. The molecule has 116 valence electrons. The van der Waals surface area contributed by atoms with E-state index in [2.05, 4.69) is 22.1 Å². The molecule has 6 heteroatoms. The van der Waals surface area contributed by atoms with Crippen molar-refractivity contribution >= 4 is 5.91 Å². The summed E-state index contributed by atoms with van der Waals surface area (Å²) in [5.41, 5.74) is 6.26. The first-order valence-corrected chi connectivity index (χ1v) is 8.07. The minimum Gasteiger partial charge on any atom is -0.338 e. The summed E-state index contributed by atoms with van der Waals surface area (Å²) in [5.74, 6) is 1.61. The normalized spacial score (nSPS) is 29.2. The molecule has 2 N–H and O–H groups in total. The van der Waals surface area contributed by atoms with E-state index in [1.54, 1.807) is 10.9 Å². The lowest BCUT2D eigenvalue weighted by Gasteiger charge is -2.47. The van der Waals surface area contributed by atoms with Crippen LogP contribution in [0.25, 0.3) is 0 Å². The number of carbonyl (C=O) groups is 1. The predicted molar refractivity (Wildman–Crippen MR) is 79.2 cm³/mol. The molecular weight excluding hydrogens is 266 g/mol. The highest BCUT2D eigenvalue weighted by Gasteiger charge is 2.39. The van der Waals surface area contributed by atoms with Crippen molar-refractivity contribution in [2.24, 2.45) is 17.6 Å². The topological polar surface area (TPSA) is 77.0 Å². The SMILES string of the molecule is CC1CCN(C(=O)Cn2cc(CN)nn2)C2CCCCC12. The summed E-state index contributed by atoms with van der Waals surface area (Å²) in [6.07, 6.45) is 7.89. The number of likely N-dealkylation sites (tertiary alicyclic amines) is 1. The molecule has 1 amide bonds. The predicted octanol–water partition coefficient (Wildman–Crippen LogP) is 1.16. The number of fused-ring (bicyclic) bond motifs is 1. The molecular formula is C15H25N5O. The van der Waals surface area contributed by atoms with Gasteiger partial charge in [0.1, 0.15) is 6.54 Å². The van der Waals surface area contributed by atoms with Crippen molar-refractivity contribution in [3.63, 3.8) is 0 Å². The Hall–Kier alpha value is -1.43. The monoisotopic (exact) mass is 291 g/mol. The van der Waals surface area contributed by atoms with Crippen molar-refractivity contribution in [2.75, 3.05) is 6.54 Å². The Morgan fingerprint density at radius 2 is 2.19 bits per heavy atom. The van der Waals surface area contributed by atoms with Gasteiger partial charge in [-0.3, -0.25) is 4.79 Å². The fourth-order valence-electron chi connectivity index (χ4n) is 3.96. The number of carbonyl (C=O) groups excluding carboxylic acids is 1. The molecule has 0 aromatic carbocycles. The summed E-state index contributed by atoms with van der Waals surface area (Å²) < 4.78 is 1.61. The maximum absolute atomic E-state index is 12.6. The Balaban J connectivity index is 1.68. The third-order valence-electron chi connectivity index (χ3n) is 5.15. The highest BCUT2D eigenvalue weighted by molar-refractivity contribution is 5.76. The summed E-state index contributed by atoms with van der Waals surface area (Å²) in [6.45, 7) is 3.88. The van der Waals surface area contributed by atoms with Gasteiger partial charge in [-0.15, -0.1) is 5.10 Å². The Bertz CT molecular complexity index is 500. The summed E-state index contributed by atoms with van der Waals surface area (Å²) in [5, 5.41) is 7.92. The standard InChI is InChI=1S/C15H25N5O/c1-11-6-7-20(14-5-3-2-4-13(11)14)15(21)10-19-9-12(8-16)17-18-19/h9,11,13-14H,2-8,10,16H2,1H3. The van der Waals surface area contributed by atoms with E-state index in [4.69, 9.17) is 5.73 Å². The van der Waals surface area contributed by atoms with Crippen LogP contribution in [-0.4, -0.2) is 38.4 Å². The molecule has 3 atom stereocenters. The number of amides is 1. The van der Waals surface area contributed by atoms with Crippen LogP contribution >= 0.6 is 0 Å². The van der Waals surface area contributed by atoms with Crippen LogP contribution in [0.2, 0.25) is 0 Å². The van der Waals surface area contributed by atoms with Crippen LogP contribution in [0.3, 0.4) is 0 Å². The molecule has 21 heavy (non-hydrogen) atoms. The van der Waals surface area contributed by atoms with Gasteiger partial charge < -0.3 is 10.6 Å². The number of aromatic nitrogens is 3. The van der Waals surface area contributed by atoms with Gasteiger partial charge in [0.05, 0.1) is 11.9 Å². The molecule has 0 radical (unpaired) electrons. The average Bonchev–Trinajstić information content (AvgIpc) is 2.95. The second-order valence-corrected chi connectivity index (χ2v) is 6.48. The zero-order valence-electron chi connectivity index (χ0n) is 12.7. The van der Waals surface area contributed by atoms with Crippen molar-refractivity contribution < 1.29 is 4.79 Å². The number of hydrogen-bond acceptors (Lipinski definition) is 4. The van der Waals surface area contributed by atoms with Crippen LogP contribution in [0.4, 0.5) is 0 Å². The van der Waals surface area contributed by atoms with Crippen molar-refractivity contribution in [1.29, 1.82) is 0 Å². The van der Waals surface area contributed by atoms with E-state index < -0.39 is 0 Å². The highest BCUT2D eigenvalue weighted by atomic mass is 16.2. The fraction of sp³-hybridized carbons (Fsp3) is 0.800. The van der Waals surface area contributed by atoms with Crippen molar-refractivity contribution in [3.05, 3.63) is 11.9 Å². The van der Waals surface area contributed by atoms with Crippen LogP contribution < -0.4 is 5.73 Å². The lowest BCUT2D eigenvalue weighted by Crippen LogP contribution is -2.53. The summed E-state index contributed by atoms with van der Waals surface area (Å²) in [7, 11) is 0. The minimum atomic E-state index is 0.173. The molecule has 1 aliphatic heterocycles. The lowest BCUT2D eigenvalue weighted by molar-refractivity contribution is -0.139. The summed E-state index contributed by atoms with van der Waals surface area (Å²) in [6, 6.07) is 0.438. The lowest BCUT2D eigenvalue weighted by atomic mass is 9.72. The van der Waals surface area contributed by atoms with Crippen molar-refractivity contribution in [3.8, 4) is 0 Å². The third-order valence-corrected chi connectivity index (χ3v) is 5.15. The molecule has 2 heterocycles. The summed E-state index contributed by atoms with van der Waals surface area (Å²) >= 11 is 0. The number of hydrogen-bond donors (Lipinski definition) is 1. The molecule has 3 unspecified atom stereocenters. The largest absolute Gasteiger partial charge is 0.338 e. The molecule has 2 fully saturated rings. The van der Waals surface area contributed by atoms with E-state index in [-0.39, 0.29) is 12.5 Å². The smallest absolute Gasteiger partial charge is 0.244 e. The highest BCUT2D eigenvalue weighted by Crippen LogP contribution is 2.38. The first-order valence-electron chi connectivity index (χ1n) is 8.07. The Kier molecular flexibility index (Phi) is 4.24. The molecule has 1 aromatic rings. The fourth-order valence-corrected chi connectivity index (χ4v) is 3.96. The van der Waals surface area contributed by atoms with Crippen LogP contribution in [0.5, 0.6) is 0 Å². The van der Waals surface area contributed by atoms with Gasteiger partial charge in [-0.1, -0.05) is 25.0 Å². The molecule has 1 saturated carbocycles. The van der Waals surface area contributed by atoms with Crippen molar-refractivity contribution in [1.82, 2.24) is 19.9 Å². The van der Waals surface area contributed by atoms with E-state index in [0.29, 0.717) is 18.5 Å². The maximum atomic E-state index is 12.6. The van der Waals surface area contributed by atoms with Crippen LogP contribution in [0.1, 0.15) is 44.7 Å². The molecule has 1 saturated heterocycles. The first-order chi connectivity index (χ1) is 10.2. The van der Waals surface area contributed by atoms with Crippen LogP contribution in [-0.2, 0) is 17.9 Å². The van der Waals surface area contributed by atoms with Gasteiger partial charge in [0.2, 0.25) is 5.91 Å². The van der Waals surface area contributed by atoms with E-state index >= 15 is 0 Å². The second-order valence-electron chi connectivity index (χ2n) is 6.48. The quantitative estimate of drug-likeness (QED) is 0.906. The van der Waals surface area contributed by atoms with E-state index in [0.717, 1.165) is 31.0 Å². The van der Waals surface area contributed by atoms with E-state index in [1.807, 2.05) is 0 Å². The van der Waals surface area contributed by atoms with Gasteiger partial charge in [0.15, 0.2) is 0 Å². The summed E-state index contributed by atoms with van der Waals surface area (Å²) in [4.78, 5) is 14.7. The van der Waals surface area contributed by atoms with Gasteiger partial charge >= 0.3 is 0 Å². The zero-order valence-corrected chi connectivity index (χ0v) is 12.7. The molecule has 2 aliphatic rings. The van der Waals surface area contributed by atoms with Gasteiger partial charge in [-0.05, 0) is 31.1 Å². The minimum absolute atomic E-state index is 0.173. The van der Waals surface area contributed by atoms with Crippen LogP contribution in [0, 0.1) is 11.8 Å². The number of piperidine rings is 1. The van der Waals surface area contributed by atoms with Crippen molar-refractivity contribution in [2.45, 2.75) is 58.2 Å². The van der Waals surface area contributed by atoms with Gasteiger partial charge in [0, 0.05) is 19.1 Å². The van der Waals surface area contributed by atoms with Crippen LogP contribution in [0.15, 0.2) is 6.20 Å². The Morgan fingerprint density at radius 1 is 1.38 bits per heavy atom. The maximum Gasteiger partial charge on any atom is 0.244 e. The molecule has 1 aliphatic carbocycles. The van der Waals surface area contributed by atoms with E-state index in [9.17, 15) is 4.79 Å². The molecule has 0 bridgehead atoms. The second kappa shape index (κ2) is 6.13. The first kappa shape index (κ1) is 14.5. The molecule has 1 aromatic heterocycles. The van der Waals surface area contributed by atoms with Gasteiger partial charge in [-0.2, -0.15) is 0 Å². The van der Waals surface area contributed by atoms with Gasteiger partial charge in [-0.25, -0.2) is 4.68 Å². The zero-order chi connectivity index (χ0) is 14.8. The molecule has 3 rings (SSSR count). The Labute approximate surface area is 125 Å². The van der Waals surface area contributed by atoms with Gasteiger partial charge in [0.25, 0.3) is 0 Å². The average molecular weight is 291 g/mol.